The number of rotatable bonds is 10. The zero-order chi connectivity index (χ0) is 22.3. The van der Waals surface area contributed by atoms with Crippen LogP contribution in [0.4, 0.5) is 0 Å². The zero-order valence-electron chi connectivity index (χ0n) is 18.9. The molecule has 0 saturated carbocycles. The maximum atomic E-state index is 12.4. The summed E-state index contributed by atoms with van der Waals surface area (Å²) < 4.78 is 16.5. The summed E-state index contributed by atoms with van der Waals surface area (Å²) in [5.41, 5.74) is 1.06. The molecule has 0 amide bonds. The van der Waals surface area contributed by atoms with Gasteiger partial charge in [0.25, 0.3) is 0 Å². The van der Waals surface area contributed by atoms with E-state index in [4.69, 9.17) is 13.9 Å². The predicted molar refractivity (Wildman–Crippen MR) is 115 cm³/mol. The first-order valence-electron chi connectivity index (χ1n) is 10.5. The van der Waals surface area contributed by atoms with Gasteiger partial charge in [-0.15, -0.1) is 0 Å². The maximum Gasteiger partial charge on any atom is 0.309 e. The van der Waals surface area contributed by atoms with E-state index < -0.39 is 5.60 Å². The number of aryl methyl sites for hydroxylation is 2. The number of carbonyl (C=O) groups is 2. The molecule has 1 aromatic carbocycles. The van der Waals surface area contributed by atoms with Crippen LogP contribution in [0, 0.1) is 19.8 Å². The molecule has 1 aromatic heterocycles. The third-order valence-electron chi connectivity index (χ3n) is 4.63. The number of nitrogens with zero attached hydrogens (tertiary/aromatic N) is 1. The van der Waals surface area contributed by atoms with E-state index in [-0.39, 0.29) is 17.7 Å². The molecule has 6 heteroatoms. The molecular weight excluding hydrogens is 382 g/mol. The van der Waals surface area contributed by atoms with Crippen LogP contribution in [0.25, 0.3) is 0 Å². The van der Waals surface area contributed by atoms with Crippen LogP contribution >= 0.6 is 0 Å². The molecule has 1 heterocycles. The van der Waals surface area contributed by atoms with Crippen molar-refractivity contribution in [3.05, 3.63) is 47.2 Å². The highest BCUT2D eigenvalue weighted by Crippen LogP contribution is 2.18. The van der Waals surface area contributed by atoms with E-state index in [1.807, 2.05) is 41.5 Å². The van der Waals surface area contributed by atoms with Crippen molar-refractivity contribution in [2.45, 2.75) is 72.8 Å². The van der Waals surface area contributed by atoms with Crippen molar-refractivity contribution in [3.63, 3.8) is 0 Å². The lowest BCUT2D eigenvalue weighted by molar-refractivity contribution is -0.159. The number of hydrogen-bond donors (Lipinski definition) is 0. The number of esters is 1. The molecule has 0 fully saturated rings. The normalized spacial score (nSPS) is 12.5. The van der Waals surface area contributed by atoms with Gasteiger partial charge >= 0.3 is 5.97 Å². The number of aromatic nitrogens is 1. The molecular formula is C24H33NO5. The Labute approximate surface area is 179 Å². The van der Waals surface area contributed by atoms with Crippen molar-refractivity contribution in [1.29, 1.82) is 0 Å². The summed E-state index contributed by atoms with van der Waals surface area (Å²) in [7, 11) is 0. The minimum Gasteiger partial charge on any atom is -0.493 e. The molecule has 1 atom stereocenters. The van der Waals surface area contributed by atoms with Crippen LogP contribution in [0.15, 0.2) is 28.7 Å². The molecule has 0 radical (unpaired) electrons. The number of Topliss-reactive ketones (excluding diaryl/α,β-unsaturated/α-hetero) is 1. The van der Waals surface area contributed by atoms with E-state index >= 15 is 0 Å². The van der Waals surface area contributed by atoms with Crippen molar-refractivity contribution >= 4 is 11.8 Å². The van der Waals surface area contributed by atoms with E-state index in [2.05, 4.69) is 4.98 Å². The van der Waals surface area contributed by atoms with Gasteiger partial charge in [0.1, 0.15) is 17.1 Å². The van der Waals surface area contributed by atoms with E-state index in [0.717, 1.165) is 11.5 Å². The zero-order valence-corrected chi connectivity index (χ0v) is 18.9. The summed E-state index contributed by atoms with van der Waals surface area (Å²) in [5.74, 6) is 1.82. The van der Waals surface area contributed by atoms with Gasteiger partial charge in [0.05, 0.1) is 18.2 Å². The van der Waals surface area contributed by atoms with E-state index in [1.54, 1.807) is 24.3 Å². The second kappa shape index (κ2) is 10.4. The average Bonchev–Trinajstić information content (AvgIpc) is 2.98. The van der Waals surface area contributed by atoms with Gasteiger partial charge in [-0.25, -0.2) is 4.98 Å². The number of ether oxygens (including phenoxy) is 2. The molecule has 164 valence electrons. The fraction of sp³-hybridized carbons (Fsp3) is 0.542. The van der Waals surface area contributed by atoms with Crippen molar-refractivity contribution in [2.24, 2.45) is 5.92 Å². The monoisotopic (exact) mass is 415 g/mol. The lowest BCUT2D eigenvalue weighted by Crippen LogP contribution is -2.27. The summed E-state index contributed by atoms with van der Waals surface area (Å²) in [5, 5.41) is 0. The third kappa shape index (κ3) is 7.65. The summed E-state index contributed by atoms with van der Waals surface area (Å²) in [6, 6.07) is 7.16. The SMILES string of the molecule is Cc1nc(CCOc2ccc(C(=O)CCCC(C)C(=O)OC(C)(C)C)cc2)c(C)o1. The van der Waals surface area contributed by atoms with E-state index in [1.165, 1.54) is 0 Å². The van der Waals surface area contributed by atoms with Crippen LogP contribution in [-0.2, 0) is 16.0 Å². The number of carbonyl (C=O) groups excluding carboxylic acids is 2. The highest BCUT2D eigenvalue weighted by molar-refractivity contribution is 5.96. The Balaban J connectivity index is 1.74. The number of benzene rings is 1. The third-order valence-corrected chi connectivity index (χ3v) is 4.63. The largest absolute Gasteiger partial charge is 0.493 e. The minimum absolute atomic E-state index is 0.0617. The van der Waals surface area contributed by atoms with E-state index in [0.29, 0.717) is 49.5 Å². The second-order valence-corrected chi connectivity index (χ2v) is 8.61. The fourth-order valence-corrected chi connectivity index (χ4v) is 3.04. The van der Waals surface area contributed by atoms with Gasteiger partial charge in [-0.1, -0.05) is 6.92 Å². The number of oxazole rings is 1. The van der Waals surface area contributed by atoms with Gasteiger partial charge < -0.3 is 13.9 Å². The summed E-state index contributed by atoms with van der Waals surface area (Å²) in [6.45, 7) is 11.6. The van der Waals surface area contributed by atoms with Crippen LogP contribution in [0.1, 0.15) is 74.7 Å². The van der Waals surface area contributed by atoms with Crippen molar-refractivity contribution < 1.29 is 23.5 Å². The van der Waals surface area contributed by atoms with Crippen LogP contribution in [0.3, 0.4) is 0 Å². The Hall–Kier alpha value is -2.63. The van der Waals surface area contributed by atoms with Crippen molar-refractivity contribution in [1.82, 2.24) is 4.98 Å². The van der Waals surface area contributed by atoms with E-state index in [9.17, 15) is 9.59 Å². The molecule has 0 aliphatic carbocycles. The Morgan fingerprint density at radius 1 is 1.13 bits per heavy atom. The molecule has 0 aliphatic rings. The lowest BCUT2D eigenvalue weighted by Gasteiger charge is -2.22. The topological polar surface area (TPSA) is 78.6 Å². The summed E-state index contributed by atoms with van der Waals surface area (Å²) in [6.07, 6.45) is 2.34. The fourth-order valence-electron chi connectivity index (χ4n) is 3.04. The highest BCUT2D eigenvalue weighted by Gasteiger charge is 2.21. The minimum atomic E-state index is -0.488. The molecule has 0 saturated heterocycles. The van der Waals surface area contributed by atoms with Gasteiger partial charge in [0.15, 0.2) is 11.7 Å². The first kappa shape index (κ1) is 23.6. The summed E-state index contributed by atoms with van der Waals surface area (Å²) in [4.78, 5) is 28.7. The second-order valence-electron chi connectivity index (χ2n) is 8.61. The highest BCUT2D eigenvalue weighted by atomic mass is 16.6. The van der Waals surface area contributed by atoms with Gasteiger partial charge in [0.2, 0.25) is 0 Å². The molecule has 2 aromatic rings. The lowest BCUT2D eigenvalue weighted by atomic mass is 10.00. The number of ketones is 1. The smallest absolute Gasteiger partial charge is 0.309 e. The first-order chi connectivity index (χ1) is 14.0. The van der Waals surface area contributed by atoms with Gasteiger partial charge in [-0.2, -0.15) is 0 Å². The van der Waals surface area contributed by atoms with Crippen LogP contribution < -0.4 is 4.74 Å². The number of hydrogen-bond acceptors (Lipinski definition) is 6. The molecule has 0 spiro atoms. The van der Waals surface area contributed by atoms with Crippen LogP contribution in [0.2, 0.25) is 0 Å². The maximum absolute atomic E-state index is 12.4. The molecule has 30 heavy (non-hydrogen) atoms. The molecule has 6 nitrogen and oxygen atoms in total. The van der Waals surface area contributed by atoms with Gasteiger partial charge in [-0.3, -0.25) is 9.59 Å². The Bertz CT molecular complexity index is 845. The van der Waals surface area contributed by atoms with Crippen molar-refractivity contribution in [2.75, 3.05) is 6.61 Å². The van der Waals surface area contributed by atoms with Crippen LogP contribution in [-0.4, -0.2) is 28.9 Å². The molecule has 0 N–H and O–H groups in total. The van der Waals surface area contributed by atoms with Gasteiger partial charge in [-0.05, 0) is 64.8 Å². The molecule has 0 bridgehead atoms. The molecule has 2 rings (SSSR count). The summed E-state index contributed by atoms with van der Waals surface area (Å²) >= 11 is 0. The average molecular weight is 416 g/mol. The first-order valence-corrected chi connectivity index (χ1v) is 10.5. The standard InChI is InChI=1S/C24H33NO5/c1-16(23(27)30-24(4,5)6)8-7-9-22(26)19-10-12-20(13-11-19)28-15-14-21-17(2)29-18(3)25-21/h10-13,16H,7-9,14-15H2,1-6H3. The Kier molecular flexibility index (Phi) is 8.21. The Morgan fingerprint density at radius 3 is 2.37 bits per heavy atom. The Morgan fingerprint density at radius 2 is 1.80 bits per heavy atom. The molecule has 0 aliphatic heterocycles. The molecule has 1 unspecified atom stereocenters. The van der Waals surface area contributed by atoms with Crippen molar-refractivity contribution in [3.8, 4) is 5.75 Å². The van der Waals surface area contributed by atoms with Crippen LogP contribution in [0.5, 0.6) is 5.75 Å². The quantitative estimate of drug-likeness (QED) is 0.390. The predicted octanol–water partition coefficient (Wildman–Crippen LogP) is 5.24. The van der Waals surface area contributed by atoms with Gasteiger partial charge in [0, 0.05) is 25.3 Å².